The minimum atomic E-state index is -0.918. The van der Waals surface area contributed by atoms with Crippen LogP contribution in [0.4, 0.5) is 0 Å². The molecule has 3 heteroatoms. The Morgan fingerprint density at radius 3 is 1.91 bits per heavy atom. The maximum absolute atomic E-state index is 14.3. The molecule has 1 fully saturated rings. The van der Waals surface area contributed by atoms with Crippen molar-refractivity contribution < 1.29 is 14.7 Å². The normalized spacial score (nSPS) is 29.0. The van der Waals surface area contributed by atoms with Gasteiger partial charge in [0.25, 0.3) is 0 Å². The van der Waals surface area contributed by atoms with Crippen LogP contribution in [0.5, 0.6) is 0 Å². The third kappa shape index (κ3) is 6.12. The van der Waals surface area contributed by atoms with Crippen LogP contribution >= 0.6 is 0 Å². The molecule has 2 rings (SSSR count). The Labute approximate surface area is 204 Å². The Bertz CT molecular complexity index is 716. The number of aliphatic hydroxyl groups is 1. The third-order valence-corrected chi connectivity index (χ3v) is 8.62. The zero-order chi connectivity index (χ0) is 25.0. The number of fused-ring (bicyclic) bond motifs is 2. The van der Waals surface area contributed by atoms with Crippen molar-refractivity contribution in [3.05, 3.63) is 11.3 Å². The lowest BCUT2D eigenvalue weighted by molar-refractivity contribution is -0.157. The Morgan fingerprint density at radius 1 is 0.818 bits per heavy atom. The number of hydrogen-bond acceptors (Lipinski definition) is 3. The van der Waals surface area contributed by atoms with Crippen molar-refractivity contribution in [3.63, 3.8) is 0 Å². The summed E-state index contributed by atoms with van der Waals surface area (Å²) in [6.45, 7) is 17.6. The summed E-state index contributed by atoms with van der Waals surface area (Å²) in [5.41, 5.74) is -1.17. The van der Waals surface area contributed by atoms with E-state index >= 15 is 0 Å². The molecule has 1 N–H and O–H groups in total. The molecule has 0 aliphatic heterocycles. The summed E-state index contributed by atoms with van der Waals surface area (Å²) in [5.74, 6) is 2.55. The van der Waals surface area contributed by atoms with Gasteiger partial charge in [-0.1, -0.05) is 74.7 Å². The van der Waals surface area contributed by atoms with E-state index in [1.54, 1.807) is 0 Å². The molecule has 0 heterocycles. The fourth-order valence-electron chi connectivity index (χ4n) is 6.12. The van der Waals surface area contributed by atoms with E-state index in [-0.39, 0.29) is 17.3 Å². The number of hydrogen-bond donors (Lipinski definition) is 1. The molecule has 2 aliphatic carbocycles. The molecule has 0 aromatic carbocycles. The van der Waals surface area contributed by atoms with Crippen molar-refractivity contribution in [3.8, 4) is 0 Å². The Hall–Kier alpha value is -1.12. The van der Waals surface area contributed by atoms with Crippen LogP contribution < -0.4 is 0 Å². The molecular formula is C30H52O3. The van der Waals surface area contributed by atoms with E-state index < -0.39 is 10.8 Å². The van der Waals surface area contributed by atoms with Gasteiger partial charge < -0.3 is 5.11 Å². The van der Waals surface area contributed by atoms with Crippen molar-refractivity contribution in [2.24, 2.45) is 40.4 Å². The highest BCUT2D eigenvalue weighted by Crippen LogP contribution is 2.60. The molecule has 2 aliphatic rings. The molecule has 4 atom stereocenters. The summed E-state index contributed by atoms with van der Waals surface area (Å²) in [4.78, 5) is 28.5. The van der Waals surface area contributed by atoms with Crippen LogP contribution in [0.2, 0.25) is 0 Å². The van der Waals surface area contributed by atoms with Crippen LogP contribution in [0.3, 0.4) is 0 Å². The number of aliphatic hydroxyl groups excluding tert-OH is 1. The van der Waals surface area contributed by atoms with E-state index in [1.165, 1.54) is 0 Å². The average molecular weight is 461 g/mol. The first-order valence-electron chi connectivity index (χ1n) is 13.9. The van der Waals surface area contributed by atoms with Crippen LogP contribution in [0.1, 0.15) is 126 Å². The first kappa shape index (κ1) is 28.1. The summed E-state index contributed by atoms with van der Waals surface area (Å²) < 4.78 is 0. The minimum absolute atomic E-state index is 0.0247. The molecule has 1 saturated carbocycles. The molecule has 0 aromatic heterocycles. The predicted molar refractivity (Wildman–Crippen MR) is 138 cm³/mol. The predicted octanol–water partition coefficient (Wildman–Crippen LogP) is 8.47. The van der Waals surface area contributed by atoms with Crippen LogP contribution in [0.15, 0.2) is 11.3 Å². The van der Waals surface area contributed by atoms with Crippen molar-refractivity contribution >= 4 is 11.6 Å². The van der Waals surface area contributed by atoms with Crippen LogP contribution in [0.25, 0.3) is 0 Å². The Kier molecular flexibility index (Phi) is 9.83. The number of ketones is 2. The van der Waals surface area contributed by atoms with E-state index in [0.29, 0.717) is 60.8 Å². The van der Waals surface area contributed by atoms with Gasteiger partial charge in [0.05, 0.1) is 10.8 Å². The number of Topliss-reactive ketones (excluding diaryl/α,β-unsaturated/α-hetero) is 2. The largest absolute Gasteiger partial charge is 0.511 e. The molecule has 0 spiro atoms. The lowest BCUT2D eigenvalue weighted by atomic mass is 9.48. The summed E-state index contributed by atoms with van der Waals surface area (Å²) in [6, 6.07) is 0. The number of rotatable bonds is 13. The van der Waals surface area contributed by atoms with E-state index in [9.17, 15) is 14.7 Å². The maximum atomic E-state index is 14.3. The standard InChI is InChI=1S/C30H52O3/c1-9-23(8)15-17-30-19-24(12-10-20(2)3)18-29(28(30)33,16-14-22(6)7)26(31)25(27(30)32)13-11-21(4)5/h20-24,31H,9-19H2,1-8H3. The SMILES string of the molecule is CCC(C)CCC12CC(CCC(C)C)CC(CCC(C)C)(C1=O)C(O)=C(CCC(C)C)C2=O. The van der Waals surface area contributed by atoms with Gasteiger partial charge in [0.1, 0.15) is 5.76 Å². The summed E-state index contributed by atoms with van der Waals surface area (Å²) in [5, 5.41) is 11.7. The average Bonchev–Trinajstić information content (AvgIpc) is 2.75. The Morgan fingerprint density at radius 2 is 1.36 bits per heavy atom. The first-order valence-corrected chi connectivity index (χ1v) is 13.9. The van der Waals surface area contributed by atoms with Gasteiger partial charge in [-0.15, -0.1) is 0 Å². The molecule has 33 heavy (non-hydrogen) atoms. The molecule has 0 aromatic rings. The lowest BCUT2D eigenvalue weighted by Gasteiger charge is -2.53. The van der Waals surface area contributed by atoms with Gasteiger partial charge in [-0.3, -0.25) is 9.59 Å². The maximum Gasteiger partial charge on any atom is 0.175 e. The molecule has 2 bridgehead atoms. The number of carbonyl (C=O) groups excluding carboxylic acids is 2. The van der Waals surface area contributed by atoms with Crippen molar-refractivity contribution in [1.29, 1.82) is 0 Å². The second kappa shape index (κ2) is 11.5. The van der Waals surface area contributed by atoms with E-state index in [0.717, 1.165) is 44.9 Å². The third-order valence-electron chi connectivity index (χ3n) is 8.62. The monoisotopic (exact) mass is 460 g/mol. The highest BCUT2D eigenvalue weighted by molar-refractivity contribution is 6.20. The van der Waals surface area contributed by atoms with Gasteiger partial charge in [-0.25, -0.2) is 0 Å². The fourth-order valence-corrected chi connectivity index (χ4v) is 6.12. The molecule has 0 saturated heterocycles. The molecule has 3 nitrogen and oxygen atoms in total. The second-order valence-electron chi connectivity index (χ2n) is 12.8. The first-order chi connectivity index (χ1) is 15.4. The quantitative estimate of drug-likeness (QED) is 0.280. The molecule has 0 radical (unpaired) electrons. The zero-order valence-electron chi connectivity index (χ0n) is 22.9. The molecule has 4 unspecified atom stereocenters. The molecule has 0 amide bonds. The van der Waals surface area contributed by atoms with Crippen molar-refractivity contribution in [2.75, 3.05) is 0 Å². The molecular weight excluding hydrogens is 408 g/mol. The Balaban J connectivity index is 2.60. The lowest BCUT2D eigenvalue weighted by Crippen LogP contribution is -2.59. The summed E-state index contributed by atoms with van der Waals surface area (Å²) in [6.07, 6.45) is 9.24. The van der Waals surface area contributed by atoms with E-state index in [4.69, 9.17) is 0 Å². The smallest absolute Gasteiger partial charge is 0.175 e. The van der Waals surface area contributed by atoms with Gasteiger partial charge >= 0.3 is 0 Å². The van der Waals surface area contributed by atoms with E-state index in [1.807, 2.05) is 0 Å². The van der Waals surface area contributed by atoms with E-state index in [2.05, 4.69) is 55.4 Å². The van der Waals surface area contributed by atoms with Crippen LogP contribution in [-0.4, -0.2) is 16.7 Å². The highest BCUT2D eigenvalue weighted by Gasteiger charge is 2.64. The minimum Gasteiger partial charge on any atom is -0.511 e. The second-order valence-corrected chi connectivity index (χ2v) is 12.8. The van der Waals surface area contributed by atoms with Crippen molar-refractivity contribution in [2.45, 2.75) is 126 Å². The van der Waals surface area contributed by atoms with Crippen LogP contribution in [-0.2, 0) is 9.59 Å². The van der Waals surface area contributed by atoms with Gasteiger partial charge in [0.2, 0.25) is 0 Å². The summed E-state index contributed by atoms with van der Waals surface area (Å²) >= 11 is 0. The number of carbonyl (C=O) groups is 2. The zero-order valence-corrected chi connectivity index (χ0v) is 22.9. The van der Waals surface area contributed by atoms with Crippen molar-refractivity contribution in [1.82, 2.24) is 0 Å². The van der Waals surface area contributed by atoms with Gasteiger partial charge in [-0.05, 0) is 81.0 Å². The summed E-state index contributed by atoms with van der Waals surface area (Å²) in [7, 11) is 0. The van der Waals surface area contributed by atoms with Gasteiger partial charge in [-0.2, -0.15) is 0 Å². The highest BCUT2D eigenvalue weighted by atomic mass is 16.3. The fraction of sp³-hybridized carbons (Fsp3) is 0.867. The van der Waals surface area contributed by atoms with Gasteiger partial charge in [0.15, 0.2) is 11.6 Å². The number of allylic oxidation sites excluding steroid dienone is 2. The topological polar surface area (TPSA) is 54.4 Å². The van der Waals surface area contributed by atoms with Crippen LogP contribution in [0, 0.1) is 40.4 Å². The molecule has 190 valence electrons. The van der Waals surface area contributed by atoms with Gasteiger partial charge in [0, 0.05) is 5.57 Å².